The molecule has 1 aromatic heterocycles. The number of para-hydroxylation sites is 1. The second-order valence-electron chi connectivity index (χ2n) is 14.0. The van der Waals surface area contributed by atoms with Crippen LogP contribution in [-0.4, -0.2) is 82.5 Å². The number of aromatic nitrogens is 1. The molecular weight excluding hydrogens is 847 g/mol. The monoisotopic (exact) mass is 889 g/mol. The van der Waals surface area contributed by atoms with Crippen molar-refractivity contribution in [2.75, 3.05) is 27.4 Å². The van der Waals surface area contributed by atoms with Crippen LogP contribution in [0, 0.1) is 76.2 Å². The summed E-state index contributed by atoms with van der Waals surface area (Å²) in [6.45, 7) is 5.97. The average Bonchev–Trinajstić information content (AvgIpc) is 3.75. The van der Waals surface area contributed by atoms with Gasteiger partial charge in [-0.05, 0) is 82.4 Å². The third kappa shape index (κ3) is 5.23. The van der Waals surface area contributed by atoms with E-state index in [4.69, 9.17) is 9.47 Å². The van der Waals surface area contributed by atoms with Crippen molar-refractivity contribution in [2.24, 2.45) is 0 Å². The van der Waals surface area contributed by atoms with Gasteiger partial charge in [-0.15, -0.1) is 0 Å². The van der Waals surface area contributed by atoms with Crippen LogP contribution in [0.25, 0.3) is 10.9 Å². The predicted molar refractivity (Wildman–Crippen MR) is 184 cm³/mol. The molecule has 1 saturated heterocycles. The number of nitrogens with one attached hydrogen (secondary N) is 3. The number of aryl methyl sites for hydroxylation is 1. The van der Waals surface area contributed by atoms with E-state index < -0.39 is 18.1 Å². The maximum Gasteiger partial charge on any atom is 0.237 e. The number of H-pyrrole nitrogens is 1. The molecule has 3 aromatic carbocycles. The van der Waals surface area contributed by atoms with Crippen LogP contribution in [0.1, 0.15) is 56.6 Å². The molecule has 12 heteroatoms. The maximum absolute atomic E-state index is 14.0. The molecule has 5 N–H and O–H groups in total. The number of hydrogen-bond acceptors (Lipinski definition) is 9. The Kier molecular flexibility index (Phi) is 9.37. The Labute approximate surface area is 327 Å². The van der Waals surface area contributed by atoms with Crippen molar-refractivity contribution in [3.8, 4) is 29.1 Å². The van der Waals surface area contributed by atoms with Gasteiger partial charge in [0, 0.05) is 102 Å². The van der Waals surface area contributed by atoms with E-state index in [1.807, 2.05) is 58.3 Å². The van der Waals surface area contributed by atoms with Crippen LogP contribution in [0.5, 0.6) is 23.0 Å². The standard InChI is InChI=1S/C38H42N6O5.Ac/c1-18-10-21-12-27-29(14-39)44-28(33(43(27)5)31(21)35(46)19(18)2)13-24-32(37-36(48-17-49-37)20(3)34(24)45)30(44)16-42-38(47)26(40-4)11-22-15-41-25-9-7-6-8-23(22)25;/h6-10,15,26-30,33,40-41,45-46H,11-13,16-17H2,1-5H3,(H,42,47);/t26-,27+,28?,29-,30-,33-;/m0./s1. The van der Waals surface area contributed by atoms with E-state index in [0.717, 1.165) is 49.8 Å². The zero-order chi connectivity index (χ0) is 34.3. The van der Waals surface area contributed by atoms with Gasteiger partial charge in [-0.3, -0.25) is 14.6 Å². The van der Waals surface area contributed by atoms with Crippen molar-refractivity contribution in [2.45, 2.75) is 76.3 Å². The number of phenolic OH excluding ortho intramolecular Hbond substituents is 2. The summed E-state index contributed by atoms with van der Waals surface area (Å²) in [5.41, 5.74) is 7.94. The number of amides is 1. The summed E-state index contributed by atoms with van der Waals surface area (Å²) < 4.78 is 12.0. The van der Waals surface area contributed by atoms with Gasteiger partial charge >= 0.3 is 0 Å². The van der Waals surface area contributed by atoms with Crippen molar-refractivity contribution in [3.63, 3.8) is 0 Å². The molecule has 11 nitrogen and oxygen atoms in total. The molecule has 4 aliphatic heterocycles. The first-order chi connectivity index (χ1) is 23.6. The second-order valence-corrected chi connectivity index (χ2v) is 14.0. The fourth-order valence-electron chi connectivity index (χ4n) is 9.07. The van der Waals surface area contributed by atoms with Gasteiger partial charge < -0.3 is 35.3 Å². The molecular formula is C38H42AcN6O5. The van der Waals surface area contributed by atoms with Gasteiger partial charge in [0.15, 0.2) is 11.5 Å². The fourth-order valence-corrected chi connectivity index (χ4v) is 9.07. The van der Waals surface area contributed by atoms with Gasteiger partial charge in [-0.2, -0.15) is 5.26 Å². The van der Waals surface area contributed by atoms with Crippen molar-refractivity contribution in [1.82, 2.24) is 25.4 Å². The number of aromatic hydroxyl groups is 2. The summed E-state index contributed by atoms with van der Waals surface area (Å²) in [5.74, 6) is 1.31. The molecule has 257 valence electrons. The van der Waals surface area contributed by atoms with E-state index in [-0.39, 0.29) is 92.9 Å². The number of aromatic amines is 1. The minimum absolute atomic E-state index is 0. The number of ether oxygens (including phenoxy) is 2. The molecule has 0 saturated carbocycles. The molecule has 1 unspecified atom stereocenters. The summed E-state index contributed by atoms with van der Waals surface area (Å²) in [4.78, 5) is 21.7. The van der Waals surface area contributed by atoms with Crippen molar-refractivity contribution in [1.29, 1.82) is 5.26 Å². The molecule has 6 atom stereocenters. The number of carbonyl (C=O) groups is 1. The van der Waals surface area contributed by atoms with E-state index in [1.54, 1.807) is 7.05 Å². The summed E-state index contributed by atoms with van der Waals surface area (Å²) >= 11 is 0. The van der Waals surface area contributed by atoms with Gasteiger partial charge in [-0.25, -0.2) is 0 Å². The molecule has 50 heavy (non-hydrogen) atoms. The molecule has 1 amide bonds. The number of benzene rings is 3. The number of rotatable bonds is 6. The van der Waals surface area contributed by atoms with Crippen molar-refractivity contribution < 1.29 is 68.5 Å². The van der Waals surface area contributed by atoms with Crippen LogP contribution < -0.4 is 20.1 Å². The van der Waals surface area contributed by atoms with Crippen LogP contribution in [0.3, 0.4) is 0 Å². The number of piperazine rings is 1. The molecule has 1 radical (unpaired) electrons. The van der Waals surface area contributed by atoms with Crippen LogP contribution in [0.4, 0.5) is 0 Å². The summed E-state index contributed by atoms with van der Waals surface area (Å²) in [6.07, 6.45) is 3.46. The summed E-state index contributed by atoms with van der Waals surface area (Å²) in [5, 5.41) is 41.7. The maximum atomic E-state index is 14.0. The molecule has 5 heterocycles. The molecule has 2 bridgehead atoms. The Morgan fingerprint density at radius 1 is 1.08 bits per heavy atom. The first-order valence-corrected chi connectivity index (χ1v) is 17.0. The van der Waals surface area contributed by atoms with Gasteiger partial charge in [0.2, 0.25) is 12.7 Å². The minimum Gasteiger partial charge on any atom is -0.507 e. The average molecular weight is 890 g/mol. The van der Waals surface area contributed by atoms with Gasteiger partial charge in [-0.1, -0.05) is 24.3 Å². The molecule has 0 aliphatic carbocycles. The molecule has 1 fully saturated rings. The van der Waals surface area contributed by atoms with E-state index in [2.05, 4.69) is 37.6 Å². The number of likely N-dealkylation sites (N-methyl/N-ethyl adjacent to an activating group) is 2. The second kappa shape index (κ2) is 13.3. The van der Waals surface area contributed by atoms with E-state index in [9.17, 15) is 20.3 Å². The van der Waals surface area contributed by atoms with E-state index in [0.29, 0.717) is 36.3 Å². The smallest absolute Gasteiger partial charge is 0.237 e. The summed E-state index contributed by atoms with van der Waals surface area (Å²) in [6, 6.07) is 10.6. The normalized spacial score (nSPS) is 24.0. The Morgan fingerprint density at radius 3 is 2.60 bits per heavy atom. The SMILES string of the molecule is CN[C@@H](Cc1c[nH]c2ccccc12)C(=O)NC[C@H]1c2c(c(O)c(C)c3c2OCO3)CC2[C@H]3c4c(cc(C)c(C)c4O)C[C@H]([C@H](C#N)N21)N3C.[Ac]. The van der Waals surface area contributed by atoms with Crippen LogP contribution in [-0.2, 0) is 24.1 Å². The topological polar surface area (TPSA) is 146 Å². The number of nitriles is 1. The number of carbonyl (C=O) groups excluding carboxylic acids is 1. The Hall–Kier alpha value is -3.32. The largest absolute Gasteiger partial charge is 0.507 e. The Balaban J connectivity index is 0.00000392. The molecule has 4 aliphatic rings. The van der Waals surface area contributed by atoms with Crippen molar-refractivity contribution in [3.05, 3.63) is 81.0 Å². The molecule has 8 rings (SSSR count). The van der Waals surface area contributed by atoms with Gasteiger partial charge in [0.1, 0.15) is 17.5 Å². The number of nitrogens with zero attached hydrogens (tertiary/aromatic N) is 3. The van der Waals surface area contributed by atoms with Crippen LogP contribution in [0.2, 0.25) is 0 Å². The first kappa shape index (κ1) is 35.1. The molecule has 4 aromatic rings. The quantitative estimate of drug-likeness (QED) is 0.195. The van der Waals surface area contributed by atoms with E-state index in [1.165, 1.54) is 0 Å². The van der Waals surface area contributed by atoms with Crippen molar-refractivity contribution >= 4 is 16.8 Å². The number of fused-ring (bicyclic) bond motifs is 10. The Bertz CT molecular complexity index is 2060. The first-order valence-electron chi connectivity index (χ1n) is 17.0. The fraction of sp³-hybridized carbons (Fsp3) is 0.421. The van der Waals surface area contributed by atoms with Crippen LogP contribution >= 0.6 is 0 Å². The predicted octanol–water partition coefficient (Wildman–Crippen LogP) is 3.95. The number of phenols is 2. The number of hydrogen-bond donors (Lipinski definition) is 5. The van der Waals surface area contributed by atoms with E-state index >= 15 is 0 Å². The third-order valence-electron chi connectivity index (χ3n) is 11.7. The van der Waals surface area contributed by atoms with Crippen LogP contribution in [0.15, 0.2) is 36.5 Å². The zero-order valence-electron chi connectivity index (χ0n) is 29.0. The minimum atomic E-state index is -0.536. The summed E-state index contributed by atoms with van der Waals surface area (Å²) in [7, 11) is 3.82. The van der Waals surface area contributed by atoms with Gasteiger partial charge in [0.25, 0.3) is 0 Å². The zero-order valence-corrected chi connectivity index (χ0v) is 33.7. The Morgan fingerprint density at radius 2 is 1.84 bits per heavy atom. The third-order valence-corrected chi connectivity index (χ3v) is 11.7. The van der Waals surface area contributed by atoms with Gasteiger partial charge in [0.05, 0.1) is 24.2 Å². The molecule has 0 spiro atoms.